The lowest BCUT2D eigenvalue weighted by atomic mass is 10.2. The average Bonchev–Trinajstić information content (AvgIpc) is 3.29. The predicted octanol–water partition coefficient (Wildman–Crippen LogP) is 3.66. The van der Waals surface area contributed by atoms with Gasteiger partial charge in [-0.15, -0.1) is 0 Å². The molecule has 26 heavy (non-hydrogen) atoms. The van der Waals surface area contributed by atoms with Gasteiger partial charge in [-0.1, -0.05) is 18.2 Å². The fraction of sp³-hybridized carbons (Fsp3) is 0.300. The Kier molecular flexibility index (Phi) is 5.41. The standard InChI is InChI=1S/C20H23N3O3/c1-4-23-12-11-16(21-23)13-22(3)20(24)19-10-9-17(26-19)14-25-18-8-6-5-7-15(18)2/h5-12H,4,13-14H2,1-3H3. The average molecular weight is 353 g/mol. The maximum absolute atomic E-state index is 12.5. The van der Waals surface area contributed by atoms with Crippen molar-refractivity contribution in [1.29, 1.82) is 0 Å². The number of carbonyl (C=O) groups is 1. The van der Waals surface area contributed by atoms with Crippen LogP contribution in [0, 0.1) is 6.92 Å². The van der Waals surface area contributed by atoms with Crippen LogP contribution in [-0.2, 0) is 19.7 Å². The van der Waals surface area contributed by atoms with Gasteiger partial charge in [0.1, 0.15) is 18.1 Å². The molecule has 0 unspecified atom stereocenters. The molecular formula is C20H23N3O3. The number of benzene rings is 1. The van der Waals surface area contributed by atoms with Gasteiger partial charge in [0.15, 0.2) is 5.76 Å². The molecule has 0 radical (unpaired) electrons. The zero-order valence-corrected chi connectivity index (χ0v) is 15.3. The Balaban J connectivity index is 1.59. The lowest BCUT2D eigenvalue weighted by Gasteiger charge is -2.14. The molecule has 0 saturated heterocycles. The zero-order chi connectivity index (χ0) is 18.5. The van der Waals surface area contributed by atoms with E-state index in [9.17, 15) is 4.79 Å². The van der Waals surface area contributed by atoms with Crippen LogP contribution >= 0.6 is 0 Å². The van der Waals surface area contributed by atoms with Crippen LogP contribution in [0.5, 0.6) is 5.75 Å². The molecule has 6 nitrogen and oxygen atoms in total. The van der Waals surface area contributed by atoms with E-state index in [1.165, 1.54) is 0 Å². The molecule has 0 fully saturated rings. The second-order valence-electron chi connectivity index (χ2n) is 6.14. The summed E-state index contributed by atoms with van der Waals surface area (Å²) in [7, 11) is 1.74. The maximum Gasteiger partial charge on any atom is 0.289 e. The highest BCUT2D eigenvalue weighted by Gasteiger charge is 2.17. The SMILES string of the molecule is CCn1ccc(CN(C)C(=O)c2ccc(COc3ccccc3C)o2)n1. The van der Waals surface area contributed by atoms with E-state index in [-0.39, 0.29) is 12.5 Å². The van der Waals surface area contributed by atoms with Crippen LogP contribution in [0.25, 0.3) is 0 Å². The molecule has 0 spiro atoms. The molecule has 6 heteroatoms. The summed E-state index contributed by atoms with van der Waals surface area (Å²) in [6, 6.07) is 13.1. The quantitative estimate of drug-likeness (QED) is 0.650. The number of ether oxygens (including phenoxy) is 1. The second-order valence-corrected chi connectivity index (χ2v) is 6.14. The van der Waals surface area contributed by atoms with Crippen molar-refractivity contribution in [2.75, 3.05) is 7.05 Å². The zero-order valence-electron chi connectivity index (χ0n) is 15.3. The fourth-order valence-corrected chi connectivity index (χ4v) is 2.60. The van der Waals surface area contributed by atoms with Crippen molar-refractivity contribution in [2.24, 2.45) is 0 Å². The third-order valence-electron chi connectivity index (χ3n) is 4.10. The molecule has 3 aromatic rings. The topological polar surface area (TPSA) is 60.5 Å². The Morgan fingerprint density at radius 2 is 2.04 bits per heavy atom. The lowest BCUT2D eigenvalue weighted by molar-refractivity contribution is 0.0747. The summed E-state index contributed by atoms with van der Waals surface area (Å²) in [6.45, 7) is 5.53. The van der Waals surface area contributed by atoms with Crippen LogP contribution in [0.2, 0.25) is 0 Å². The van der Waals surface area contributed by atoms with E-state index in [1.807, 2.05) is 55.1 Å². The molecule has 0 aliphatic rings. The van der Waals surface area contributed by atoms with Crippen LogP contribution in [-0.4, -0.2) is 27.6 Å². The van der Waals surface area contributed by atoms with E-state index in [1.54, 1.807) is 24.1 Å². The van der Waals surface area contributed by atoms with E-state index >= 15 is 0 Å². The number of rotatable bonds is 7. The van der Waals surface area contributed by atoms with Gasteiger partial charge in [0.05, 0.1) is 12.2 Å². The van der Waals surface area contributed by atoms with Crippen molar-refractivity contribution in [3.8, 4) is 5.75 Å². The number of carbonyl (C=O) groups excluding carboxylic acids is 1. The molecule has 0 saturated carbocycles. The van der Waals surface area contributed by atoms with Gasteiger partial charge in [0.25, 0.3) is 5.91 Å². The minimum Gasteiger partial charge on any atom is -0.485 e. The van der Waals surface area contributed by atoms with Crippen molar-refractivity contribution in [3.63, 3.8) is 0 Å². The Labute approximate surface area is 153 Å². The lowest BCUT2D eigenvalue weighted by Crippen LogP contribution is -2.26. The molecule has 0 bridgehead atoms. The highest BCUT2D eigenvalue weighted by atomic mass is 16.5. The molecule has 1 amide bonds. The Bertz CT molecular complexity index is 882. The summed E-state index contributed by atoms with van der Waals surface area (Å²) >= 11 is 0. The molecule has 0 aliphatic heterocycles. The van der Waals surface area contributed by atoms with E-state index in [0.717, 1.165) is 23.6 Å². The normalized spacial score (nSPS) is 10.7. The molecule has 0 aliphatic carbocycles. The summed E-state index contributed by atoms with van der Waals surface area (Å²) in [6.07, 6.45) is 1.90. The van der Waals surface area contributed by atoms with Gasteiger partial charge in [0.2, 0.25) is 0 Å². The second kappa shape index (κ2) is 7.91. The van der Waals surface area contributed by atoms with Gasteiger partial charge in [-0.05, 0) is 43.7 Å². The first-order chi connectivity index (χ1) is 12.6. The number of furan rings is 1. The first kappa shape index (κ1) is 17.8. The summed E-state index contributed by atoms with van der Waals surface area (Å²) in [4.78, 5) is 14.1. The summed E-state index contributed by atoms with van der Waals surface area (Å²) < 4.78 is 13.2. The molecule has 0 atom stereocenters. The summed E-state index contributed by atoms with van der Waals surface area (Å²) in [5, 5.41) is 4.39. The van der Waals surface area contributed by atoms with E-state index in [2.05, 4.69) is 5.10 Å². The Morgan fingerprint density at radius 1 is 1.23 bits per heavy atom. The van der Waals surface area contributed by atoms with Crippen molar-refractivity contribution in [2.45, 2.75) is 33.5 Å². The Hall–Kier alpha value is -3.02. The number of para-hydroxylation sites is 1. The minimum atomic E-state index is -0.182. The fourth-order valence-electron chi connectivity index (χ4n) is 2.60. The molecule has 3 rings (SSSR count). The Morgan fingerprint density at radius 3 is 2.77 bits per heavy atom. The van der Waals surface area contributed by atoms with Crippen molar-refractivity contribution in [1.82, 2.24) is 14.7 Å². The van der Waals surface area contributed by atoms with Gasteiger partial charge < -0.3 is 14.1 Å². The molecule has 2 aromatic heterocycles. The first-order valence-electron chi connectivity index (χ1n) is 8.61. The van der Waals surface area contributed by atoms with E-state index in [4.69, 9.17) is 9.15 Å². The predicted molar refractivity (Wildman–Crippen MR) is 97.9 cm³/mol. The van der Waals surface area contributed by atoms with Crippen molar-refractivity contribution < 1.29 is 13.9 Å². The van der Waals surface area contributed by atoms with Gasteiger partial charge in [-0.25, -0.2) is 0 Å². The van der Waals surface area contributed by atoms with Gasteiger partial charge in [0, 0.05) is 19.8 Å². The molecule has 0 N–H and O–H groups in total. The number of aryl methyl sites for hydroxylation is 2. The number of hydrogen-bond donors (Lipinski definition) is 0. The minimum absolute atomic E-state index is 0.182. The number of hydrogen-bond acceptors (Lipinski definition) is 4. The molecular weight excluding hydrogens is 330 g/mol. The van der Waals surface area contributed by atoms with Crippen molar-refractivity contribution >= 4 is 5.91 Å². The third-order valence-corrected chi connectivity index (χ3v) is 4.10. The van der Waals surface area contributed by atoms with Gasteiger partial charge >= 0.3 is 0 Å². The summed E-state index contributed by atoms with van der Waals surface area (Å²) in [5.74, 6) is 1.53. The third kappa shape index (κ3) is 4.14. The largest absolute Gasteiger partial charge is 0.485 e. The smallest absolute Gasteiger partial charge is 0.289 e. The van der Waals surface area contributed by atoms with E-state index < -0.39 is 0 Å². The molecule has 136 valence electrons. The summed E-state index contributed by atoms with van der Waals surface area (Å²) in [5.41, 5.74) is 1.90. The van der Waals surface area contributed by atoms with Crippen LogP contribution < -0.4 is 4.74 Å². The van der Waals surface area contributed by atoms with Crippen LogP contribution in [0.15, 0.2) is 53.1 Å². The highest BCUT2D eigenvalue weighted by molar-refractivity contribution is 5.91. The number of nitrogens with zero attached hydrogens (tertiary/aromatic N) is 3. The van der Waals surface area contributed by atoms with Crippen LogP contribution in [0.4, 0.5) is 0 Å². The van der Waals surface area contributed by atoms with Crippen LogP contribution in [0.3, 0.4) is 0 Å². The number of amides is 1. The highest BCUT2D eigenvalue weighted by Crippen LogP contribution is 2.19. The number of aromatic nitrogens is 2. The van der Waals surface area contributed by atoms with Gasteiger partial charge in [-0.3, -0.25) is 9.48 Å². The van der Waals surface area contributed by atoms with E-state index in [0.29, 0.717) is 18.1 Å². The van der Waals surface area contributed by atoms with Crippen LogP contribution in [0.1, 0.15) is 34.5 Å². The molecule has 1 aromatic carbocycles. The van der Waals surface area contributed by atoms with Gasteiger partial charge in [-0.2, -0.15) is 5.10 Å². The maximum atomic E-state index is 12.5. The monoisotopic (exact) mass is 353 g/mol. The molecule has 2 heterocycles. The first-order valence-corrected chi connectivity index (χ1v) is 8.61. The van der Waals surface area contributed by atoms with Crippen molar-refractivity contribution in [3.05, 3.63) is 71.4 Å².